The molecule has 8 nitrogen and oxygen atoms in total. The number of carbonyl (C=O) groups is 3. The molecule has 0 unspecified atom stereocenters. The number of hydrogen-bond acceptors (Lipinski definition) is 4. The number of imide groups is 1. The summed E-state index contributed by atoms with van der Waals surface area (Å²) >= 11 is 0. The van der Waals surface area contributed by atoms with Crippen molar-refractivity contribution in [2.24, 2.45) is 5.92 Å². The Morgan fingerprint density at radius 2 is 2.07 bits per heavy atom. The molecule has 3 rings (SSSR count). The van der Waals surface area contributed by atoms with Crippen molar-refractivity contribution in [1.29, 1.82) is 0 Å². The Hall–Kier alpha value is -2.87. The number of carbonyl (C=O) groups excluding carboxylic acids is 3. The predicted octanol–water partition coefficient (Wildman–Crippen LogP) is 1.54. The third kappa shape index (κ3) is 4.59. The topological polar surface area (TPSA) is 115 Å². The van der Waals surface area contributed by atoms with Gasteiger partial charge in [0, 0.05) is 23.6 Å². The zero-order valence-corrected chi connectivity index (χ0v) is 16.8. The monoisotopic (exact) mass is 400 g/mol. The lowest BCUT2D eigenvalue weighted by atomic mass is 9.99. The van der Waals surface area contributed by atoms with Gasteiger partial charge in [0.2, 0.25) is 5.91 Å². The Morgan fingerprint density at radius 3 is 2.79 bits per heavy atom. The normalized spacial score (nSPS) is 18.7. The lowest BCUT2D eigenvalue weighted by molar-refractivity contribution is -0.131. The van der Waals surface area contributed by atoms with E-state index in [0.717, 1.165) is 27.8 Å². The molecule has 0 aliphatic carbocycles. The minimum Gasteiger partial charge on any atom is -0.394 e. The van der Waals surface area contributed by atoms with E-state index in [2.05, 4.69) is 15.6 Å². The van der Waals surface area contributed by atoms with E-state index in [-0.39, 0.29) is 37.4 Å². The Balaban J connectivity index is 1.57. The minimum absolute atomic E-state index is 0.116. The summed E-state index contributed by atoms with van der Waals surface area (Å²) in [6.07, 6.45) is 3.09. The van der Waals surface area contributed by atoms with Gasteiger partial charge in [0.15, 0.2) is 0 Å². The maximum atomic E-state index is 12.6. The second kappa shape index (κ2) is 9.09. The second-order valence-electron chi connectivity index (χ2n) is 7.55. The highest BCUT2D eigenvalue weighted by molar-refractivity contribution is 6.05. The summed E-state index contributed by atoms with van der Waals surface area (Å²) in [5.74, 6) is -0.638. The number of H-pyrrole nitrogens is 1. The molecule has 156 valence electrons. The molecule has 0 radical (unpaired) electrons. The fourth-order valence-corrected chi connectivity index (χ4v) is 3.60. The van der Waals surface area contributed by atoms with Crippen molar-refractivity contribution in [2.45, 2.75) is 45.2 Å². The molecular formula is C21H28N4O4. The van der Waals surface area contributed by atoms with E-state index in [9.17, 15) is 19.5 Å². The number of benzene rings is 1. The molecule has 1 aliphatic rings. The summed E-state index contributed by atoms with van der Waals surface area (Å²) in [7, 11) is 0. The number of nitrogens with one attached hydrogen (secondary N) is 3. The van der Waals surface area contributed by atoms with Crippen LogP contribution in [0.1, 0.15) is 32.3 Å². The van der Waals surface area contributed by atoms with E-state index in [0.29, 0.717) is 6.42 Å². The number of aromatic amines is 1. The SMILES string of the molecule is CC[C@H](C)[C@@H](CO)NC(=O)C[C@H]1NC(=O)N(CCc2c[nH]c3ccccc23)C1=O. The van der Waals surface area contributed by atoms with E-state index in [1.165, 1.54) is 0 Å². The third-order valence-electron chi connectivity index (χ3n) is 5.65. The van der Waals surface area contributed by atoms with Crippen LogP contribution in [-0.4, -0.2) is 58.1 Å². The van der Waals surface area contributed by atoms with Crippen LogP contribution in [0.15, 0.2) is 30.5 Å². The van der Waals surface area contributed by atoms with Crippen LogP contribution < -0.4 is 10.6 Å². The molecule has 0 bridgehead atoms. The third-order valence-corrected chi connectivity index (χ3v) is 5.65. The van der Waals surface area contributed by atoms with E-state index in [4.69, 9.17) is 0 Å². The zero-order chi connectivity index (χ0) is 21.0. The van der Waals surface area contributed by atoms with Gasteiger partial charge in [-0.2, -0.15) is 0 Å². The lowest BCUT2D eigenvalue weighted by Crippen LogP contribution is -2.45. The van der Waals surface area contributed by atoms with Gasteiger partial charge in [-0.3, -0.25) is 14.5 Å². The van der Waals surface area contributed by atoms with Crippen molar-refractivity contribution in [3.05, 3.63) is 36.0 Å². The van der Waals surface area contributed by atoms with Gasteiger partial charge in [0.25, 0.3) is 5.91 Å². The van der Waals surface area contributed by atoms with Gasteiger partial charge in [0.05, 0.1) is 19.1 Å². The summed E-state index contributed by atoms with van der Waals surface area (Å²) in [4.78, 5) is 41.5. The average molecular weight is 400 g/mol. The van der Waals surface area contributed by atoms with Gasteiger partial charge in [-0.05, 0) is 24.0 Å². The molecule has 2 heterocycles. The molecule has 8 heteroatoms. The van der Waals surface area contributed by atoms with Crippen LogP contribution in [-0.2, 0) is 16.0 Å². The van der Waals surface area contributed by atoms with Crippen LogP contribution >= 0.6 is 0 Å². The van der Waals surface area contributed by atoms with E-state index in [1.807, 2.05) is 44.3 Å². The number of hydrogen-bond donors (Lipinski definition) is 4. The molecule has 1 aromatic carbocycles. The quantitative estimate of drug-likeness (QED) is 0.478. The summed E-state index contributed by atoms with van der Waals surface area (Å²) in [5.41, 5.74) is 2.04. The molecule has 29 heavy (non-hydrogen) atoms. The van der Waals surface area contributed by atoms with Crippen molar-refractivity contribution in [3.63, 3.8) is 0 Å². The molecule has 4 amide bonds. The number of aliphatic hydroxyl groups is 1. The second-order valence-corrected chi connectivity index (χ2v) is 7.55. The van der Waals surface area contributed by atoms with Gasteiger partial charge in [-0.25, -0.2) is 4.79 Å². The highest BCUT2D eigenvalue weighted by Gasteiger charge is 2.39. The standard InChI is InChI=1S/C21H28N4O4/c1-3-13(2)18(12-26)23-19(27)10-17-20(28)25(21(29)24-17)9-8-14-11-22-16-7-5-4-6-15(14)16/h4-7,11,13,17-18,22,26H,3,8-10,12H2,1-2H3,(H,23,27)(H,24,29)/t13-,17+,18+/m0/s1. The highest BCUT2D eigenvalue weighted by atomic mass is 16.3. The summed E-state index contributed by atoms with van der Waals surface area (Å²) in [6, 6.07) is 6.14. The number of fused-ring (bicyclic) bond motifs is 1. The molecule has 1 fully saturated rings. The molecule has 1 aromatic heterocycles. The van der Waals surface area contributed by atoms with Gasteiger partial charge >= 0.3 is 6.03 Å². The van der Waals surface area contributed by atoms with Crippen molar-refractivity contribution < 1.29 is 19.5 Å². The summed E-state index contributed by atoms with van der Waals surface area (Å²) in [5, 5.41) is 15.9. The molecule has 3 atom stereocenters. The van der Waals surface area contributed by atoms with Crippen molar-refractivity contribution in [3.8, 4) is 0 Å². The minimum atomic E-state index is -0.873. The fourth-order valence-electron chi connectivity index (χ4n) is 3.60. The Bertz CT molecular complexity index is 894. The van der Waals surface area contributed by atoms with Gasteiger partial charge < -0.3 is 20.7 Å². The van der Waals surface area contributed by atoms with Crippen LogP contribution in [0, 0.1) is 5.92 Å². The van der Waals surface area contributed by atoms with Gasteiger partial charge in [-0.15, -0.1) is 0 Å². The first kappa shape index (κ1) is 20.9. The maximum Gasteiger partial charge on any atom is 0.324 e. The first-order valence-electron chi connectivity index (χ1n) is 10.0. The molecule has 0 saturated carbocycles. The van der Waals surface area contributed by atoms with Crippen LogP contribution in [0.5, 0.6) is 0 Å². The fraction of sp³-hybridized carbons (Fsp3) is 0.476. The molecular weight excluding hydrogens is 372 g/mol. The zero-order valence-electron chi connectivity index (χ0n) is 16.8. The van der Waals surface area contributed by atoms with Crippen LogP contribution in [0.25, 0.3) is 10.9 Å². The van der Waals surface area contributed by atoms with E-state index < -0.39 is 18.0 Å². The van der Waals surface area contributed by atoms with Gasteiger partial charge in [0.1, 0.15) is 6.04 Å². The van der Waals surface area contributed by atoms with Crippen LogP contribution in [0.4, 0.5) is 4.79 Å². The predicted molar refractivity (Wildman–Crippen MR) is 109 cm³/mol. The Kier molecular flexibility index (Phi) is 6.53. The van der Waals surface area contributed by atoms with Crippen molar-refractivity contribution in [1.82, 2.24) is 20.5 Å². The van der Waals surface area contributed by atoms with E-state index in [1.54, 1.807) is 0 Å². The molecule has 1 aliphatic heterocycles. The summed E-state index contributed by atoms with van der Waals surface area (Å²) < 4.78 is 0. The van der Waals surface area contributed by atoms with Crippen LogP contribution in [0.3, 0.4) is 0 Å². The Labute approximate surface area is 169 Å². The molecule has 0 spiro atoms. The molecule has 2 aromatic rings. The first-order valence-corrected chi connectivity index (χ1v) is 10.0. The van der Waals surface area contributed by atoms with Crippen molar-refractivity contribution >= 4 is 28.7 Å². The number of urea groups is 1. The number of aromatic nitrogens is 1. The number of rotatable bonds is 9. The average Bonchev–Trinajstić information content (AvgIpc) is 3.24. The highest BCUT2D eigenvalue weighted by Crippen LogP contribution is 2.19. The lowest BCUT2D eigenvalue weighted by Gasteiger charge is -2.22. The largest absolute Gasteiger partial charge is 0.394 e. The maximum absolute atomic E-state index is 12.6. The Morgan fingerprint density at radius 1 is 1.31 bits per heavy atom. The van der Waals surface area contributed by atoms with Crippen molar-refractivity contribution in [2.75, 3.05) is 13.2 Å². The summed E-state index contributed by atoms with van der Waals surface area (Å²) in [6.45, 7) is 4.00. The number of amides is 4. The number of para-hydroxylation sites is 1. The molecule has 4 N–H and O–H groups in total. The number of aliphatic hydroxyl groups excluding tert-OH is 1. The molecule has 1 saturated heterocycles. The van der Waals surface area contributed by atoms with E-state index >= 15 is 0 Å². The number of nitrogens with zero attached hydrogens (tertiary/aromatic N) is 1. The first-order chi connectivity index (χ1) is 13.9. The smallest absolute Gasteiger partial charge is 0.324 e. The van der Waals surface area contributed by atoms with Crippen LogP contribution in [0.2, 0.25) is 0 Å². The van der Waals surface area contributed by atoms with Gasteiger partial charge in [-0.1, -0.05) is 38.5 Å².